The Kier molecular flexibility index (Phi) is 4.48. The number of anilines is 1. The van der Waals surface area contributed by atoms with Crippen LogP contribution in [0.1, 0.15) is 35.6 Å². The van der Waals surface area contributed by atoms with Crippen molar-refractivity contribution >= 4 is 27.6 Å². The van der Waals surface area contributed by atoms with Crippen LogP contribution in [-0.4, -0.2) is 22.0 Å². The van der Waals surface area contributed by atoms with Crippen molar-refractivity contribution in [3.05, 3.63) is 61.7 Å². The van der Waals surface area contributed by atoms with Crippen LogP contribution in [0.15, 0.2) is 33.7 Å². The summed E-state index contributed by atoms with van der Waals surface area (Å²) >= 11 is 2.78. The maximum absolute atomic E-state index is 14.2. The van der Waals surface area contributed by atoms with Crippen molar-refractivity contribution in [1.82, 2.24) is 9.88 Å². The van der Waals surface area contributed by atoms with E-state index in [2.05, 4.69) is 26.2 Å². The first-order valence-electron chi connectivity index (χ1n) is 8.52. The van der Waals surface area contributed by atoms with Gasteiger partial charge in [-0.1, -0.05) is 15.9 Å². The highest BCUT2D eigenvalue weighted by Crippen LogP contribution is 2.43. The van der Waals surface area contributed by atoms with Crippen LogP contribution in [0, 0.1) is 5.82 Å². The molecule has 0 spiro atoms. The highest BCUT2D eigenvalue weighted by Gasteiger charge is 2.43. The van der Waals surface area contributed by atoms with Crippen LogP contribution in [-0.2, 0) is 12.6 Å². The standard InChI is InChI=1S/C18H14BrF4N3O2/c19-12-6-14(13(20)5-11(12)18(21,22)23)25-17(28)26-9-1-2-15(26)10-7-24-16(27)4-8(10)3-9/h4-7,9,15H,1-3H2,(H,24,27)(H,25,28)/t9-,15+/m1/s1. The lowest BCUT2D eigenvalue weighted by Gasteiger charge is -2.36. The van der Waals surface area contributed by atoms with Gasteiger partial charge >= 0.3 is 12.2 Å². The topological polar surface area (TPSA) is 65.2 Å². The van der Waals surface area contributed by atoms with Gasteiger partial charge in [-0.3, -0.25) is 4.79 Å². The van der Waals surface area contributed by atoms with Crippen molar-refractivity contribution < 1.29 is 22.4 Å². The van der Waals surface area contributed by atoms with Crippen LogP contribution < -0.4 is 10.9 Å². The summed E-state index contributed by atoms with van der Waals surface area (Å²) in [5.41, 5.74) is 0.00418. The number of urea groups is 1. The minimum atomic E-state index is -4.71. The van der Waals surface area contributed by atoms with Gasteiger partial charge in [0.1, 0.15) is 5.82 Å². The molecule has 148 valence electrons. The van der Waals surface area contributed by atoms with Crippen molar-refractivity contribution in [2.75, 3.05) is 5.32 Å². The van der Waals surface area contributed by atoms with E-state index in [-0.39, 0.29) is 27.8 Å². The van der Waals surface area contributed by atoms with E-state index in [1.165, 1.54) is 6.07 Å². The minimum absolute atomic E-state index is 0.153. The molecule has 5 nitrogen and oxygen atoms in total. The first kappa shape index (κ1) is 19.0. The third-order valence-corrected chi connectivity index (χ3v) is 5.86. The zero-order valence-corrected chi connectivity index (χ0v) is 15.8. The van der Waals surface area contributed by atoms with Gasteiger partial charge in [0.15, 0.2) is 0 Å². The second-order valence-electron chi connectivity index (χ2n) is 6.88. The molecule has 0 unspecified atom stereocenters. The molecule has 0 radical (unpaired) electrons. The second-order valence-corrected chi connectivity index (χ2v) is 7.73. The fourth-order valence-electron chi connectivity index (χ4n) is 4.00. The largest absolute Gasteiger partial charge is 0.417 e. The monoisotopic (exact) mass is 459 g/mol. The molecule has 1 fully saturated rings. The fourth-order valence-corrected chi connectivity index (χ4v) is 4.57. The maximum Gasteiger partial charge on any atom is 0.417 e. The number of hydrogen-bond acceptors (Lipinski definition) is 2. The first-order valence-corrected chi connectivity index (χ1v) is 9.31. The number of rotatable bonds is 1. The number of carbonyl (C=O) groups excluding carboxylic acids is 1. The summed E-state index contributed by atoms with van der Waals surface area (Å²) in [6.07, 6.45) is -1.22. The number of aromatic nitrogens is 1. The van der Waals surface area contributed by atoms with E-state index < -0.39 is 23.6 Å². The number of hydrogen-bond donors (Lipinski definition) is 2. The molecule has 1 saturated heterocycles. The third-order valence-electron chi connectivity index (χ3n) is 5.20. The molecule has 2 bridgehead atoms. The predicted octanol–water partition coefficient (Wildman–Crippen LogP) is 4.59. The number of pyridine rings is 1. The second kappa shape index (κ2) is 6.61. The van der Waals surface area contributed by atoms with Crippen LogP contribution in [0.4, 0.5) is 28.0 Å². The number of carbonyl (C=O) groups is 1. The van der Waals surface area contributed by atoms with E-state index in [1.807, 2.05) is 0 Å². The van der Waals surface area contributed by atoms with Gasteiger partial charge in [-0.25, -0.2) is 9.18 Å². The highest BCUT2D eigenvalue weighted by molar-refractivity contribution is 9.10. The number of halogens is 5. The van der Waals surface area contributed by atoms with Crippen molar-refractivity contribution in [3.63, 3.8) is 0 Å². The quantitative estimate of drug-likeness (QED) is 0.612. The molecule has 2 atom stereocenters. The summed E-state index contributed by atoms with van der Waals surface area (Å²) in [5.74, 6) is -1.17. The van der Waals surface area contributed by atoms with Crippen LogP contribution >= 0.6 is 15.9 Å². The summed E-state index contributed by atoms with van der Waals surface area (Å²) < 4.78 is 52.5. The van der Waals surface area contributed by atoms with Gasteiger partial charge in [-0.05, 0) is 42.5 Å². The van der Waals surface area contributed by atoms with Crippen molar-refractivity contribution in [1.29, 1.82) is 0 Å². The predicted molar refractivity (Wildman–Crippen MR) is 96.5 cm³/mol. The minimum Gasteiger partial charge on any atom is -0.329 e. The SMILES string of the molecule is O=C(Nc1cc(Br)c(C(F)(F)F)cc1F)N1[C@@H]2CC[C@H]1c1c[nH]c(=O)cc1C2. The molecule has 0 aliphatic carbocycles. The average molecular weight is 460 g/mol. The molecular formula is C18H14BrF4N3O2. The first-order chi connectivity index (χ1) is 13.1. The Labute approximate surface area is 164 Å². The molecule has 28 heavy (non-hydrogen) atoms. The average Bonchev–Trinajstić information content (AvgIpc) is 2.92. The normalized spacial score (nSPS) is 20.8. The zero-order chi connectivity index (χ0) is 20.2. The third kappa shape index (κ3) is 3.19. The van der Waals surface area contributed by atoms with E-state index in [1.54, 1.807) is 11.1 Å². The van der Waals surface area contributed by atoms with Crippen molar-refractivity contribution in [2.24, 2.45) is 0 Å². The van der Waals surface area contributed by atoms with Crippen molar-refractivity contribution in [2.45, 2.75) is 37.5 Å². The Hall–Kier alpha value is -2.36. The van der Waals surface area contributed by atoms with E-state index in [9.17, 15) is 27.2 Å². The molecule has 2 aromatic rings. The number of alkyl halides is 3. The number of nitrogens with zero attached hydrogens (tertiary/aromatic N) is 1. The molecule has 1 aromatic heterocycles. The Balaban J connectivity index is 1.61. The summed E-state index contributed by atoms with van der Waals surface area (Å²) in [6, 6.07) is 1.77. The molecule has 1 aromatic carbocycles. The number of nitrogens with one attached hydrogen (secondary N) is 2. The lowest BCUT2D eigenvalue weighted by Crippen LogP contribution is -2.44. The van der Waals surface area contributed by atoms with E-state index >= 15 is 0 Å². The van der Waals surface area contributed by atoms with E-state index in [4.69, 9.17) is 0 Å². The molecule has 2 aliphatic rings. The Morgan fingerprint density at radius 1 is 1.25 bits per heavy atom. The lowest BCUT2D eigenvalue weighted by atomic mass is 9.95. The maximum atomic E-state index is 14.2. The Morgan fingerprint density at radius 2 is 2.00 bits per heavy atom. The van der Waals surface area contributed by atoms with Gasteiger partial charge in [0.2, 0.25) is 5.56 Å². The zero-order valence-electron chi connectivity index (χ0n) is 14.2. The molecule has 4 rings (SSSR count). The molecule has 2 aliphatic heterocycles. The number of H-pyrrole nitrogens is 1. The Morgan fingerprint density at radius 3 is 2.71 bits per heavy atom. The molecule has 10 heteroatoms. The summed E-state index contributed by atoms with van der Waals surface area (Å²) in [7, 11) is 0. The number of amides is 2. The highest BCUT2D eigenvalue weighted by atomic mass is 79.9. The summed E-state index contributed by atoms with van der Waals surface area (Å²) in [5, 5.41) is 2.39. The molecule has 3 heterocycles. The van der Waals surface area contributed by atoms with Gasteiger partial charge in [0.25, 0.3) is 0 Å². The summed E-state index contributed by atoms with van der Waals surface area (Å²) in [4.78, 5) is 28.5. The van der Waals surface area contributed by atoms with Gasteiger partial charge < -0.3 is 15.2 Å². The molecule has 2 N–H and O–H groups in total. The molecule has 2 amide bonds. The Bertz CT molecular complexity index is 1020. The van der Waals surface area contributed by atoms with Gasteiger partial charge in [-0.15, -0.1) is 0 Å². The smallest absolute Gasteiger partial charge is 0.329 e. The van der Waals surface area contributed by atoms with Crippen LogP contribution in [0.2, 0.25) is 0 Å². The number of benzene rings is 1. The van der Waals surface area contributed by atoms with Gasteiger partial charge in [0.05, 0.1) is 17.3 Å². The van der Waals surface area contributed by atoms with E-state index in [0.29, 0.717) is 18.9 Å². The van der Waals surface area contributed by atoms with Crippen molar-refractivity contribution in [3.8, 4) is 0 Å². The summed E-state index contributed by atoms with van der Waals surface area (Å²) in [6.45, 7) is 0. The van der Waals surface area contributed by atoms with E-state index in [0.717, 1.165) is 23.6 Å². The lowest BCUT2D eigenvalue weighted by molar-refractivity contribution is -0.138. The van der Waals surface area contributed by atoms with Crippen LogP contribution in [0.25, 0.3) is 0 Å². The van der Waals surface area contributed by atoms with Gasteiger partial charge in [-0.2, -0.15) is 13.2 Å². The van der Waals surface area contributed by atoms with Crippen LogP contribution in [0.3, 0.4) is 0 Å². The number of aromatic amines is 1. The van der Waals surface area contributed by atoms with Gasteiger partial charge in [0, 0.05) is 22.8 Å². The fraction of sp³-hybridized carbons (Fsp3) is 0.333. The van der Waals surface area contributed by atoms with Crippen LogP contribution in [0.5, 0.6) is 0 Å². The molecular weight excluding hydrogens is 446 g/mol. The molecule has 0 saturated carbocycles. The number of fused-ring (bicyclic) bond motifs is 4.